The lowest BCUT2D eigenvalue weighted by atomic mass is 10.0. The van der Waals surface area contributed by atoms with Crippen molar-refractivity contribution in [2.45, 2.75) is 40.2 Å². The van der Waals surface area contributed by atoms with Crippen molar-refractivity contribution in [1.29, 1.82) is 0 Å². The quantitative estimate of drug-likeness (QED) is 0.897. The summed E-state index contributed by atoms with van der Waals surface area (Å²) in [6, 6.07) is 4.70. The van der Waals surface area contributed by atoms with Crippen LogP contribution in [0, 0.1) is 20.8 Å². The molecular formula is C15H21NOS. The van der Waals surface area contributed by atoms with Gasteiger partial charge >= 0.3 is 0 Å². The fourth-order valence-electron chi connectivity index (χ4n) is 2.40. The number of thiophene rings is 1. The summed E-state index contributed by atoms with van der Waals surface area (Å²) in [5, 5.41) is 3.42. The Labute approximate surface area is 113 Å². The second kappa shape index (κ2) is 5.29. The summed E-state index contributed by atoms with van der Waals surface area (Å²) in [4.78, 5) is 2.79. The van der Waals surface area contributed by atoms with E-state index in [4.69, 9.17) is 4.42 Å². The Kier molecular flexibility index (Phi) is 3.93. The maximum Gasteiger partial charge on any atom is 0.106 e. The first-order chi connectivity index (χ1) is 8.58. The number of furan rings is 1. The van der Waals surface area contributed by atoms with Crippen LogP contribution >= 0.6 is 11.3 Å². The maximum atomic E-state index is 5.75. The van der Waals surface area contributed by atoms with Crippen molar-refractivity contribution >= 4 is 11.3 Å². The van der Waals surface area contributed by atoms with Crippen LogP contribution in [0.4, 0.5) is 0 Å². The van der Waals surface area contributed by atoms with Gasteiger partial charge in [0.1, 0.15) is 11.5 Å². The molecule has 2 heterocycles. The molecule has 2 rings (SSSR count). The Bertz CT molecular complexity index is 539. The average Bonchev–Trinajstić information content (AvgIpc) is 2.91. The summed E-state index contributed by atoms with van der Waals surface area (Å²) >= 11 is 1.88. The number of hydrogen-bond donors (Lipinski definition) is 1. The molecular weight excluding hydrogens is 242 g/mol. The molecule has 1 N–H and O–H groups in total. The number of rotatable bonds is 4. The lowest BCUT2D eigenvalue weighted by molar-refractivity contribution is 0.496. The normalized spacial score (nSPS) is 12.9. The van der Waals surface area contributed by atoms with Gasteiger partial charge in [-0.3, -0.25) is 0 Å². The second-order valence-corrected chi connectivity index (χ2v) is 5.83. The number of nitrogens with one attached hydrogen (secondary N) is 1. The molecule has 1 atom stereocenters. The van der Waals surface area contributed by atoms with Crippen LogP contribution in [-0.2, 0) is 6.42 Å². The SMILES string of the molecule is CCc1ccc(C(NC)c2c(C)oc(C)c2C)s1. The fraction of sp³-hybridized carbons (Fsp3) is 0.467. The van der Waals surface area contributed by atoms with E-state index < -0.39 is 0 Å². The lowest BCUT2D eigenvalue weighted by Gasteiger charge is -2.15. The zero-order valence-electron chi connectivity index (χ0n) is 11.8. The zero-order chi connectivity index (χ0) is 13.3. The Morgan fingerprint density at radius 2 is 1.94 bits per heavy atom. The molecule has 3 heteroatoms. The van der Waals surface area contributed by atoms with E-state index in [1.165, 1.54) is 20.9 Å². The van der Waals surface area contributed by atoms with E-state index in [-0.39, 0.29) is 6.04 Å². The molecule has 0 radical (unpaired) electrons. The van der Waals surface area contributed by atoms with Crippen molar-refractivity contribution in [3.8, 4) is 0 Å². The van der Waals surface area contributed by atoms with Crippen molar-refractivity contribution < 1.29 is 4.42 Å². The van der Waals surface area contributed by atoms with Gasteiger partial charge in [0.25, 0.3) is 0 Å². The van der Waals surface area contributed by atoms with Gasteiger partial charge in [-0.05, 0) is 51.9 Å². The third-order valence-corrected chi connectivity index (χ3v) is 4.80. The largest absolute Gasteiger partial charge is 0.466 e. The van der Waals surface area contributed by atoms with Crippen molar-refractivity contribution in [2.75, 3.05) is 7.05 Å². The van der Waals surface area contributed by atoms with Crippen molar-refractivity contribution in [3.05, 3.63) is 44.5 Å². The van der Waals surface area contributed by atoms with Crippen LogP contribution in [0.25, 0.3) is 0 Å². The van der Waals surface area contributed by atoms with Gasteiger partial charge in [0.15, 0.2) is 0 Å². The summed E-state index contributed by atoms with van der Waals surface area (Å²) in [7, 11) is 2.01. The Morgan fingerprint density at radius 3 is 2.39 bits per heavy atom. The van der Waals surface area contributed by atoms with Crippen molar-refractivity contribution in [3.63, 3.8) is 0 Å². The van der Waals surface area contributed by atoms with E-state index >= 15 is 0 Å². The molecule has 2 aromatic heterocycles. The molecule has 18 heavy (non-hydrogen) atoms. The van der Waals surface area contributed by atoms with E-state index in [1.54, 1.807) is 0 Å². The lowest BCUT2D eigenvalue weighted by Crippen LogP contribution is -2.17. The van der Waals surface area contributed by atoms with Crippen molar-refractivity contribution in [1.82, 2.24) is 5.32 Å². The molecule has 0 bridgehead atoms. The molecule has 0 amide bonds. The predicted molar refractivity (Wildman–Crippen MR) is 77.5 cm³/mol. The monoisotopic (exact) mass is 263 g/mol. The highest BCUT2D eigenvalue weighted by molar-refractivity contribution is 7.12. The minimum absolute atomic E-state index is 0.243. The zero-order valence-corrected chi connectivity index (χ0v) is 12.6. The van der Waals surface area contributed by atoms with E-state index in [2.05, 4.69) is 31.3 Å². The number of aryl methyl sites for hydroxylation is 3. The van der Waals surface area contributed by atoms with Crippen LogP contribution in [0.1, 0.15) is 45.4 Å². The first kappa shape index (κ1) is 13.4. The molecule has 0 aromatic carbocycles. The average molecular weight is 263 g/mol. The van der Waals surface area contributed by atoms with Crippen LogP contribution in [-0.4, -0.2) is 7.05 Å². The molecule has 0 saturated carbocycles. The minimum atomic E-state index is 0.243. The summed E-state index contributed by atoms with van der Waals surface area (Å²) in [5.41, 5.74) is 2.55. The van der Waals surface area contributed by atoms with Gasteiger partial charge in [0, 0.05) is 15.3 Å². The third-order valence-electron chi connectivity index (χ3n) is 3.51. The van der Waals surface area contributed by atoms with Gasteiger partial charge in [-0.15, -0.1) is 11.3 Å². The molecule has 0 aliphatic rings. The van der Waals surface area contributed by atoms with Gasteiger partial charge < -0.3 is 9.73 Å². The van der Waals surface area contributed by atoms with Crippen LogP contribution < -0.4 is 5.32 Å². The minimum Gasteiger partial charge on any atom is -0.466 e. The highest BCUT2D eigenvalue weighted by Crippen LogP contribution is 2.34. The van der Waals surface area contributed by atoms with E-state index in [1.807, 2.05) is 32.2 Å². The molecule has 0 fully saturated rings. The maximum absolute atomic E-state index is 5.75. The molecule has 0 aliphatic heterocycles. The van der Waals surface area contributed by atoms with E-state index in [0.29, 0.717) is 0 Å². The van der Waals surface area contributed by atoms with Crippen LogP contribution in [0.5, 0.6) is 0 Å². The fourth-order valence-corrected chi connectivity index (χ4v) is 3.48. The molecule has 98 valence electrons. The predicted octanol–water partition coefficient (Wildman–Crippen LogP) is 4.14. The van der Waals surface area contributed by atoms with Gasteiger partial charge in [0.05, 0.1) is 6.04 Å². The third kappa shape index (κ3) is 2.25. The number of hydrogen-bond acceptors (Lipinski definition) is 3. The van der Waals surface area contributed by atoms with Gasteiger partial charge in [-0.2, -0.15) is 0 Å². The Hall–Kier alpha value is -1.06. The Balaban J connectivity index is 2.44. The van der Waals surface area contributed by atoms with E-state index in [9.17, 15) is 0 Å². The molecule has 1 unspecified atom stereocenters. The summed E-state index contributed by atoms with van der Waals surface area (Å²) in [5.74, 6) is 2.05. The topological polar surface area (TPSA) is 25.2 Å². The van der Waals surface area contributed by atoms with Gasteiger partial charge in [-0.25, -0.2) is 0 Å². The molecule has 0 aliphatic carbocycles. The molecule has 0 saturated heterocycles. The standard InChI is InChI=1S/C15H21NOS/c1-6-12-7-8-13(18-12)15(16-5)14-9(2)10(3)17-11(14)4/h7-8,15-16H,6H2,1-5H3. The summed E-state index contributed by atoms with van der Waals surface area (Å²) < 4.78 is 5.75. The summed E-state index contributed by atoms with van der Waals surface area (Å²) in [6.45, 7) is 8.42. The first-order valence-corrected chi connectivity index (χ1v) is 7.22. The van der Waals surface area contributed by atoms with Crippen LogP contribution in [0.2, 0.25) is 0 Å². The van der Waals surface area contributed by atoms with Crippen LogP contribution in [0.3, 0.4) is 0 Å². The molecule has 0 spiro atoms. The van der Waals surface area contributed by atoms with Gasteiger partial charge in [0.2, 0.25) is 0 Å². The molecule has 2 nitrogen and oxygen atoms in total. The molecule has 2 aromatic rings. The van der Waals surface area contributed by atoms with E-state index in [0.717, 1.165) is 17.9 Å². The Morgan fingerprint density at radius 1 is 1.22 bits per heavy atom. The second-order valence-electron chi connectivity index (χ2n) is 4.63. The van der Waals surface area contributed by atoms with Crippen LogP contribution in [0.15, 0.2) is 16.5 Å². The highest BCUT2D eigenvalue weighted by Gasteiger charge is 2.22. The smallest absolute Gasteiger partial charge is 0.106 e. The highest BCUT2D eigenvalue weighted by atomic mass is 32.1. The first-order valence-electron chi connectivity index (χ1n) is 6.40. The summed E-state index contributed by atoms with van der Waals surface area (Å²) in [6.07, 6.45) is 1.10. The van der Waals surface area contributed by atoms with Gasteiger partial charge in [-0.1, -0.05) is 6.92 Å². The van der Waals surface area contributed by atoms with Crippen molar-refractivity contribution in [2.24, 2.45) is 0 Å².